The Hall–Kier alpha value is -4.62. The maximum Gasteiger partial charge on any atom is 0.254 e. The monoisotopic (exact) mass is 544 g/mol. The summed E-state index contributed by atoms with van der Waals surface area (Å²) in [6.45, 7) is 3.70. The molecule has 200 valence electrons. The minimum absolute atomic E-state index is 0.00312. The van der Waals surface area contributed by atoms with Crippen LogP contribution in [0.3, 0.4) is 0 Å². The first-order valence-electron chi connectivity index (χ1n) is 12.0. The molecule has 1 aliphatic heterocycles. The molecule has 0 spiro atoms. The average molecular weight is 545 g/mol. The van der Waals surface area contributed by atoms with Crippen LogP contribution in [-0.4, -0.2) is 31.8 Å². The van der Waals surface area contributed by atoms with Gasteiger partial charge in [0.1, 0.15) is 17.3 Å². The van der Waals surface area contributed by atoms with Crippen LogP contribution in [0, 0.1) is 18.3 Å². The number of carbonyl (C=O) groups is 2. The summed E-state index contributed by atoms with van der Waals surface area (Å²) in [6.07, 6.45) is 1.50. The van der Waals surface area contributed by atoms with E-state index in [0.29, 0.717) is 44.9 Å². The molecule has 4 rings (SSSR count). The molecule has 2 amide bonds. The van der Waals surface area contributed by atoms with Crippen LogP contribution < -0.4 is 25.4 Å². The van der Waals surface area contributed by atoms with E-state index in [4.69, 9.17) is 13.9 Å². The zero-order valence-corrected chi connectivity index (χ0v) is 22.8. The fourth-order valence-corrected chi connectivity index (χ4v) is 5.12. The molecular weight excluding hydrogens is 516 g/mol. The lowest BCUT2D eigenvalue weighted by atomic mass is 9.85. The summed E-state index contributed by atoms with van der Waals surface area (Å²) >= 11 is 1.16. The van der Waals surface area contributed by atoms with Gasteiger partial charge in [-0.15, -0.1) is 0 Å². The van der Waals surface area contributed by atoms with Crippen LogP contribution in [0.15, 0.2) is 87.1 Å². The molecule has 1 aliphatic rings. The van der Waals surface area contributed by atoms with Gasteiger partial charge in [-0.2, -0.15) is 5.26 Å². The topological polar surface area (TPSA) is 126 Å². The minimum Gasteiger partial charge on any atom is -0.497 e. The smallest absolute Gasteiger partial charge is 0.254 e. The van der Waals surface area contributed by atoms with Crippen LogP contribution in [0.5, 0.6) is 11.5 Å². The van der Waals surface area contributed by atoms with Crippen molar-refractivity contribution in [2.75, 3.05) is 30.6 Å². The van der Waals surface area contributed by atoms with Crippen molar-refractivity contribution in [2.24, 2.45) is 0 Å². The van der Waals surface area contributed by atoms with E-state index in [1.54, 1.807) is 43.3 Å². The van der Waals surface area contributed by atoms with Gasteiger partial charge in [0.05, 0.1) is 60.1 Å². The first-order valence-corrected chi connectivity index (χ1v) is 13.0. The van der Waals surface area contributed by atoms with E-state index in [2.05, 4.69) is 22.0 Å². The van der Waals surface area contributed by atoms with E-state index in [1.807, 2.05) is 25.1 Å². The van der Waals surface area contributed by atoms with Gasteiger partial charge in [-0.05, 0) is 55.8 Å². The zero-order chi connectivity index (χ0) is 27.9. The zero-order valence-electron chi connectivity index (χ0n) is 22.0. The number of methoxy groups -OCH3 is 2. The van der Waals surface area contributed by atoms with Crippen molar-refractivity contribution >= 4 is 35.0 Å². The predicted molar refractivity (Wildman–Crippen MR) is 150 cm³/mol. The van der Waals surface area contributed by atoms with Gasteiger partial charge in [-0.25, -0.2) is 0 Å². The normalized spacial score (nSPS) is 14.8. The molecule has 0 fully saturated rings. The van der Waals surface area contributed by atoms with Gasteiger partial charge in [0.15, 0.2) is 0 Å². The number of thioether (sulfide) groups is 1. The average Bonchev–Trinajstić information content (AvgIpc) is 3.46. The number of benzene rings is 2. The number of rotatable bonds is 9. The third kappa shape index (κ3) is 6.27. The molecule has 0 aliphatic carbocycles. The number of hydrogen-bond donors (Lipinski definition) is 3. The van der Waals surface area contributed by atoms with Crippen LogP contribution >= 0.6 is 11.8 Å². The number of aryl methyl sites for hydroxylation is 1. The number of dihydropyridines is 1. The second-order valence-corrected chi connectivity index (χ2v) is 9.68. The Balaban J connectivity index is 1.58. The number of nitriles is 1. The molecule has 2 heterocycles. The third-order valence-electron chi connectivity index (χ3n) is 6.02. The number of amides is 2. The fraction of sp³-hybridized carbons (Fsp3) is 0.207. The Kier molecular flexibility index (Phi) is 8.63. The van der Waals surface area contributed by atoms with E-state index in [1.165, 1.54) is 20.5 Å². The van der Waals surface area contributed by atoms with Crippen LogP contribution in [0.2, 0.25) is 0 Å². The fourth-order valence-electron chi connectivity index (χ4n) is 4.22. The Morgan fingerprint density at radius 2 is 1.90 bits per heavy atom. The highest BCUT2D eigenvalue weighted by Crippen LogP contribution is 2.41. The van der Waals surface area contributed by atoms with E-state index < -0.39 is 5.92 Å². The molecule has 3 aromatic rings. The summed E-state index contributed by atoms with van der Waals surface area (Å²) in [5.41, 5.74) is 3.31. The molecule has 0 unspecified atom stereocenters. The summed E-state index contributed by atoms with van der Waals surface area (Å²) in [7, 11) is 3.05. The summed E-state index contributed by atoms with van der Waals surface area (Å²) in [5, 5.41) is 19.6. The molecule has 3 N–H and O–H groups in total. The molecule has 0 radical (unpaired) electrons. The van der Waals surface area contributed by atoms with E-state index in [9.17, 15) is 14.9 Å². The molecule has 0 saturated heterocycles. The number of hydrogen-bond acceptors (Lipinski definition) is 8. The Morgan fingerprint density at radius 1 is 1.08 bits per heavy atom. The lowest BCUT2D eigenvalue weighted by molar-refractivity contribution is -0.114. The van der Waals surface area contributed by atoms with E-state index in [-0.39, 0.29) is 23.1 Å². The highest BCUT2D eigenvalue weighted by Gasteiger charge is 2.36. The van der Waals surface area contributed by atoms with Crippen molar-refractivity contribution in [3.8, 4) is 17.6 Å². The number of furan rings is 1. The highest BCUT2D eigenvalue weighted by atomic mass is 32.2. The largest absolute Gasteiger partial charge is 0.497 e. The molecule has 2 aromatic carbocycles. The third-order valence-corrected chi connectivity index (χ3v) is 7.04. The number of carbonyl (C=O) groups excluding carboxylic acids is 2. The van der Waals surface area contributed by atoms with Gasteiger partial charge in [0.2, 0.25) is 5.91 Å². The van der Waals surface area contributed by atoms with Gasteiger partial charge in [0, 0.05) is 17.5 Å². The van der Waals surface area contributed by atoms with Crippen molar-refractivity contribution in [1.82, 2.24) is 5.32 Å². The van der Waals surface area contributed by atoms with Crippen molar-refractivity contribution in [1.29, 1.82) is 5.26 Å². The molecule has 1 atom stereocenters. The minimum atomic E-state index is -0.750. The Morgan fingerprint density at radius 3 is 2.56 bits per heavy atom. The van der Waals surface area contributed by atoms with Crippen LogP contribution in [0.1, 0.15) is 24.2 Å². The van der Waals surface area contributed by atoms with Crippen molar-refractivity contribution in [2.45, 2.75) is 19.8 Å². The first kappa shape index (κ1) is 27.4. The van der Waals surface area contributed by atoms with Crippen molar-refractivity contribution in [3.63, 3.8) is 0 Å². The van der Waals surface area contributed by atoms with Crippen LogP contribution in [0.4, 0.5) is 11.4 Å². The van der Waals surface area contributed by atoms with Crippen molar-refractivity contribution in [3.05, 3.63) is 94.1 Å². The van der Waals surface area contributed by atoms with Crippen LogP contribution in [0.25, 0.3) is 0 Å². The van der Waals surface area contributed by atoms with Crippen molar-refractivity contribution < 1.29 is 23.5 Å². The van der Waals surface area contributed by atoms with E-state index >= 15 is 0 Å². The van der Waals surface area contributed by atoms with Gasteiger partial charge in [0.25, 0.3) is 5.91 Å². The van der Waals surface area contributed by atoms with Gasteiger partial charge < -0.3 is 29.8 Å². The second-order valence-electron chi connectivity index (χ2n) is 8.69. The molecule has 39 heavy (non-hydrogen) atoms. The molecule has 0 bridgehead atoms. The summed E-state index contributed by atoms with van der Waals surface area (Å²) in [4.78, 5) is 26.3. The Labute approximate surface area is 230 Å². The SMILES string of the molecule is COc1ccc(OC)c(NC(=O)CSC2=C(C#N)[C@@H](c3ccco3)C(C(=O)Nc3cccc(C)c3)=C(C)N2)c1. The Bertz CT molecular complexity index is 1490. The van der Waals surface area contributed by atoms with Gasteiger partial charge in [-0.1, -0.05) is 23.9 Å². The van der Waals surface area contributed by atoms with Crippen LogP contribution in [-0.2, 0) is 9.59 Å². The number of nitrogens with one attached hydrogen (secondary N) is 3. The highest BCUT2D eigenvalue weighted by molar-refractivity contribution is 8.03. The molecular formula is C29H28N4O5S. The summed E-state index contributed by atoms with van der Waals surface area (Å²) in [6, 6.07) is 18.2. The molecule has 0 saturated carbocycles. The number of allylic oxidation sites excluding steroid dienone is 2. The number of anilines is 2. The quantitative estimate of drug-likeness (QED) is 0.331. The maximum atomic E-state index is 13.5. The number of nitrogens with zero attached hydrogens (tertiary/aromatic N) is 1. The predicted octanol–water partition coefficient (Wildman–Crippen LogP) is 5.31. The van der Waals surface area contributed by atoms with E-state index in [0.717, 1.165) is 17.3 Å². The number of ether oxygens (including phenoxy) is 2. The van der Waals surface area contributed by atoms with Gasteiger partial charge >= 0.3 is 0 Å². The van der Waals surface area contributed by atoms with Gasteiger partial charge in [-0.3, -0.25) is 9.59 Å². The maximum absolute atomic E-state index is 13.5. The lowest BCUT2D eigenvalue weighted by Gasteiger charge is -2.28. The lowest BCUT2D eigenvalue weighted by Crippen LogP contribution is -2.31. The first-order chi connectivity index (χ1) is 18.8. The summed E-state index contributed by atoms with van der Waals surface area (Å²) < 4.78 is 16.2. The molecule has 9 nitrogen and oxygen atoms in total. The molecule has 10 heteroatoms. The second kappa shape index (κ2) is 12.3. The standard InChI is InChI=1S/C29H28N4O5S/c1-17-7-5-8-19(13-17)32-28(35)26-18(2)31-29(21(15-30)27(26)24-9-6-12-38-24)39-16-25(34)33-22-14-20(36-3)10-11-23(22)37-4/h5-14,27,31H,16H2,1-4H3,(H,32,35)(H,33,34)/t27-/m0/s1. The summed E-state index contributed by atoms with van der Waals surface area (Å²) in [5.74, 6) is 0.0923. The molecule has 1 aromatic heterocycles.